The Morgan fingerprint density at radius 3 is 2.73 bits per heavy atom. The number of hydrogen-bond donors (Lipinski definition) is 1. The van der Waals surface area contributed by atoms with Gasteiger partial charge in [0.25, 0.3) is 5.91 Å². The first-order valence-corrected chi connectivity index (χ1v) is 11.4. The molecule has 0 saturated heterocycles. The predicted molar refractivity (Wildman–Crippen MR) is 128 cm³/mol. The minimum atomic E-state index is -0.498. The third-order valence-electron chi connectivity index (χ3n) is 5.01. The zero-order valence-electron chi connectivity index (χ0n) is 17.6. The number of nitrogens with one attached hydrogen (secondary N) is 1. The average Bonchev–Trinajstić information content (AvgIpc) is 3.47. The van der Waals surface area contributed by atoms with Crippen molar-refractivity contribution in [2.45, 2.75) is 26.9 Å². The highest BCUT2D eigenvalue weighted by atomic mass is 35.5. The number of halogens is 2. The molecule has 0 saturated carbocycles. The van der Waals surface area contributed by atoms with Crippen LogP contribution in [-0.4, -0.2) is 30.4 Å². The molecule has 1 aromatic carbocycles. The van der Waals surface area contributed by atoms with Crippen molar-refractivity contribution < 1.29 is 9.72 Å². The summed E-state index contributed by atoms with van der Waals surface area (Å²) in [5, 5.41) is 25.2. The fraction of sp³-hybridized carbons (Fsp3) is 0.190. The van der Waals surface area contributed by atoms with E-state index in [9.17, 15) is 14.9 Å². The normalized spacial score (nSPS) is 11.0. The molecule has 0 atom stereocenters. The Hall–Kier alpha value is -3.21. The Balaban J connectivity index is 1.47. The molecule has 0 fully saturated rings. The SMILES string of the molecule is Cc1nn(Cc2ccc(Cl)cc2Cl)c(C)c1NC(=O)c1cc(Cn2cc([N+](=O)[O-])cn2)cs1. The number of nitrogens with zero attached hydrogens (tertiary/aromatic N) is 5. The van der Waals surface area contributed by atoms with Crippen LogP contribution in [0.4, 0.5) is 11.4 Å². The van der Waals surface area contributed by atoms with Crippen LogP contribution >= 0.6 is 34.5 Å². The zero-order chi connectivity index (χ0) is 23.7. The van der Waals surface area contributed by atoms with Gasteiger partial charge in [-0.25, -0.2) is 0 Å². The number of hydrogen-bond acceptors (Lipinski definition) is 6. The van der Waals surface area contributed by atoms with Crippen LogP contribution in [0.25, 0.3) is 0 Å². The lowest BCUT2D eigenvalue weighted by atomic mass is 10.2. The van der Waals surface area contributed by atoms with Gasteiger partial charge >= 0.3 is 5.69 Å². The van der Waals surface area contributed by atoms with E-state index in [1.54, 1.807) is 22.9 Å². The van der Waals surface area contributed by atoms with E-state index in [0.29, 0.717) is 39.4 Å². The monoisotopic (exact) mass is 504 g/mol. The van der Waals surface area contributed by atoms with Gasteiger partial charge in [-0.1, -0.05) is 29.3 Å². The highest BCUT2D eigenvalue weighted by molar-refractivity contribution is 7.12. The number of thiophene rings is 1. The summed E-state index contributed by atoms with van der Waals surface area (Å²) in [6.45, 7) is 4.48. The van der Waals surface area contributed by atoms with Crippen molar-refractivity contribution in [2.75, 3.05) is 5.32 Å². The molecule has 9 nitrogen and oxygen atoms in total. The Morgan fingerprint density at radius 2 is 2.03 bits per heavy atom. The van der Waals surface area contributed by atoms with Gasteiger partial charge in [0.15, 0.2) is 0 Å². The number of aryl methyl sites for hydroxylation is 1. The standard InChI is InChI=1S/C21H18Cl2N6O3S/c1-12-20(13(2)28(26-12)9-15-3-4-16(22)6-18(15)23)25-21(30)19-5-14(11-33-19)8-27-10-17(7-24-27)29(31)32/h3-7,10-11H,8-9H2,1-2H3,(H,25,30). The summed E-state index contributed by atoms with van der Waals surface area (Å²) in [6, 6.07) is 7.05. The molecule has 0 aliphatic carbocycles. The third kappa shape index (κ3) is 5.08. The number of amides is 1. The van der Waals surface area contributed by atoms with Crippen LogP contribution in [0.1, 0.15) is 32.2 Å². The molecule has 0 aliphatic rings. The van der Waals surface area contributed by atoms with Crippen molar-refractivity contribution in [3.63, 3.8) is 0 Å². The number of aromatic nitrogens is 4. The number of rotatable bonds is 7. The predicted octanol–water partition coefficient (Wildman–Crippen LogP) is 5.32. The summed E-state index contributed by atoms with van der Waals surface area (Å²) in [4.78, 5) is 23.7. The number of carbonyl (C=O) groups is 1. The van der Waals surface area contributed by atoms with E-state index in [0.717, 1.165) is 16.8 Å². The average molecular weight is 505 g/mol. The van der Waals surface area contributed by atoms with Crippen LogP contribution in [-0.2, 0) is 13.1 Å². The van der Waals surface area contributed by atoms with Crippen molar-refractivity contribution >= 4 is 51.8 Å². The van der Waals surface area contributed by atoms with Gasteiger partial charge in [-0.2, -0.15) is 10.2 Å². The highest BCUT2D eigenvalue weighted by Gasteiger charge is 2.18. The second kappa shape index (κ2) is 9.34. The van der Waals surface area contributed by atoms with Gasteiger partial charge in [-0.15, -0.1) is 11.3 Å². The van der Waals surface area contributed by atoms with Gasteiger partial charge < -0.3 is 5.32 Å². The van der Waals surface area contributed by atoms with E-state index in [1.165, 1.54) is 28.4 Å². The molecule has 4 rings (SSSR count). The van der Waals surface area contributed by atoms with Gasteiger partial charge in [-0.05, 0) is 48.6 Å². The second-order valence-electron chi connectivity index (χ2n) is 7.37. The minimum absolute atomic E-state index is 0.0777. The van der Waals surface area contributed by atoms with Gasteiger partial charge in [0.05, 0.1) is 40.0 Å². The summed E-state index contributed by atoms with van der Waals surface area (Å²) >= 11 is 13.5. The second-order valence-corrected chi connectivity index (χ2v) is 9.12. The number of nitro groups is 1. The lowest BCUT2D eigenvalue weighted by molar-refractivity contribution is -0.385. The first-order valence-electron chi connectivity index (χ1n) is 9.75. The molecule has 33 heavy (non-hydrogen) atoms. The van der Waals surface area contributed by atoms with Gasteiger partial charge in [0, 0.05) is 10.0 Å². The summed E-state index contributed by atoms with van der Waals surface area (Å²) in [6.07, 6.45) is 2.55. The molecule has 0 unspecified atom stereocenters. The summed E-state index contributed by atoms with van der Waals surface area (Å²) < 4.78 is 3.24. The smallest absolute Gasteiger partial charge is 0.307 e. The van der Waals surface area contributed by atoms with E-state index >= 15 is 0 Å². The summed E-state index contributed by atoms with van der Waals surface area (Å²) in [5.74, 6) is -0.257. The molecule has 170 valence electrons. The molecular weight excluding hydrogens is 487 g/mol. The summed E-state index contributed by atoms with van der Waals surface area (Å²) in [5.41, 5.74) is 3.74. The van der Waals surface area contributed by atoms with Crippen molar-refractivity contribution in [3.8, 4) is 0 Å². The van der Waals surface area contributed by atoms with Gasteiger partial charge in [0.2, 0.25) is 0 Å². The molecule has 1 N–H and O–H groups in total. The molecule has 3 heterocycles. The number of carbonyl (C=O) groups excluding carboxylic acids is 1. The van der Waals surface area contributed by atoms with Crippen LogP contribution in [0.5, 0.6) is 0 Å². The maximum Gasteiger partial charge on any atom is 0.307 e. The quantitative estimate of drug-likeness (QED) is 0.270. The maximum atomic E-state index is 12.9. The first-order chi connectivity index (χ1) is 15.7. The van der Waals surface area contributed by atoms with E-state index < -0.39 is 4.92 Å². The van der Waals surface area contributed by atoms with E-state index in [2.05, 4.69) is 15.5 Å². The zero-order valence-corrected chi connectivity index (χ0v) is 19.9. The van der Waals surface area contributed by atoms with Gasteiger partial charge in [-0.3, -0.25) is 24.3 Å². The Bertz CT molecular complexity index is 1360. The lowest BCUT2D eigenvalue weighted by Gasteiger charge is -2.08. The van der Waals surface area contributed by atoms with Crippen LogP contribution in [0, 0.1) is 24.0 Å². The molecule has 4 aromatic rings. The molecule has 0 spiro atoms. The third-order valence-corrected chi connectivity index (χ3v) is 6.57. The van der Waals surface area contributed by atoms with E-state index in [4.69, 9.17) is 23.2 Å². The molecule has 12 heteroatoms. The molecule has 3 aromatic heterocycles. The van der Waals surface area contributed by atoms with Gasteiger partial charge in [0.1, 0.15) is 12.4 Å². The lowest BCUT2D eigenvalue weighted by Crippen LogP contribution is -2.12. The van der Waals surface area contributed by atoms with E-state index in [-0.39, 0.29) is 11.6 Å². The summed E-state index contributed by atoms with van der Waals surface area (Å²) in [7, 11) is 0. The van der Waals surface area contributed by atoms with Crippen molar-refractivity contribution in [3.05, 3.63) is 89.6 Å². The van der Waals surface area contributed by atoms with Crippen LogP contribution < -0.4 is 5.32 Å². The maximum absolute atomic E-state index is 12.9. The van der Waals surface area contributed by atoms with Crippen molar-refractivity contribution in [2.24, 2.45) is 0 Å². The Labute approximate surface area is 202 Å². The molecule has 0 bridgehead atoms. The fourth-order valence-electron chi connectivity index (χ4n) is 3.32. The van der Waals surface area contributed by atoms with Crippen molar-refractivity contribution in [1.29, 1.82) is 0 Å². The largest absolute Gasteiger partial charge is 0.318 e. The van der Waals surface area contributed by atoms with Crippen molar-refractivity contribution in [1.82, 2.24) is 19.6 Å². The van der Waals surface area contributed by atoms with Crippen LogP contribution in [0.3, 0.4) is 0 Å². The van der Waals surface area contributed by atoms with E-state index in [1.807, 2.05) is 25.3 Å². The first kappa shape index (κ1) is 23.0. The molecular formula is C21H18Cl2N6O3S. The highest BCUT2D eigenvalue weighted by Crippen LogP contribution is 2.26. The van der Waals surface area contributed by atoms with Crippen LogP contribution in [0.15, 0.2) is 42.0 Å². The fourth-order valence-corrected chi connectivity index (χ4v) is 4.58. The molecule has 1 amide bonds. The Kier molecular flexibility index (Phi) is 6.50. The molecule has 0 radical (unpaired) electrons. The molecule has 0 aliphatic heterocycles. The number of benzene rings is 1. The topological polar surface area (TPSA) is 108 Å². The number of anilines is 1. The Morgan fingerprint density at radius 1 is 1.24 bits per heavy atom. The van der Waals surface area contributed by atoms with Crippen LogP contribution in [0.2, 0.25) is 10.0 Å². The minimum Gasteiger partial charge on any atom is -0.318 e.